The van der Waals surface area contributed by atoms with Crippen LogP contribution in [0, 0.1) is 0 Å². The van der Waals surface area contributed by atoms with E-state index in [0.29, 0.717) is 12.5 Å². The van der Waals surface area contributed by atoms with Crippen LogP contribution in [0.2, 0.25) is 0 Å². The standard InChI is InChI=1S/C18H19N5O/c24-18-14-11-22(10-12-3-6-19-7-4-12)8-5-15(14)20-17-9-16(13-1-2-13)21-23(17)18/h3-4,6-7,9,13,21H,1-2,5,8,10-11H2. The van der Waals surface area contributed by atoms with Crippen LogP contribution in [-0.4, -0.2) is 31.0 Å². The molecule has 4 heterocycles. The molecule has 1 saturated carbocycles. The van der Waals surface area contributed by atoms with E-state index in [1.165, 1.54) is 18.4 Å². The molecule has 0 spiro atoms. The molecule has 0 saturated heterocycles. The predicted octanol–water partition coefficient (Wildman–Crippen LogP) is 1.85. The Kier molecular flexibility index (Phi) is 3.06. The largest absolute Gasteiger partial charge is 0.294 e. The van der Waals surface area contributed by atoms with Crippen molar-refractivity contribution in [3.63, 3.8) is 0 Å². The second kappa shape index (κ2) is 5.27. The highest BCUT2D eigenvalue weighted by atomic mass is 16.1. The molecular formula is C18H19N5O. The van der Waals surface area contributed by atoms with E-state index >= 15 is 0 Å². The molecular weight excluding hydrogens is 302 g/mol. The van der Waals surface area contributed by atoms with E-state index in [1.54, 1.807) is 4.52 Å². The second-order valence-corrected chi connectivity index (χ2v) is 6.84. The maximum Gasteiger partial charge on any atom is 0.277 e. The molecule has 6 heteroatoms. The van der Waals surface area contributed by atoms with Crippen molar-refractivity contribution in [3.8, 4) is 0 Å². The lowest BCUT2D eigenvalue weighted by atomic mass is 10.1. The number of nitrogens with one attached hydrogen (secondary N) is 1. The highest BCUT2D eigenvalue weighted by Crippen LogP contribution is 2.39. The van der Waals surface area contributed by atoms with Gasteiger partial charge in [-0.15, -0.1) is 0 Å². The average Bonchev–Trinajstić information content (AvgIpc) is 3.37. The van der Waals surface area contributed by atoms with Gasteiger partial charge in [-0.1, -0.05) is 0 Å². The molecule has 1 fully saturated rings. The van der Waals surface area contributed by atoms with Gasteiger partial charge in [0.15, 0.2) is 5.65 Å². The predicted molar refractivity (Wildman–Crippen MR) is 89.8 cm³/mol. The van der Waals surface area contributed by atoms with Crippen LogP contribution in [0.4, 0.5) is 0 Å². The minimum atomic E-state index is 0.0568. The lowest BCUT2D eigenvalue weighted by molar-refractivity contribution is 0.241. The monoisotopic (exact) mass is 321 g/mol. The molecule has 5 rings (SSSR count). The first kappa shape index (κ1) is 13.9. The van der Waals surface area contributed by atoms with Crippen molar-refractivity contribution in [1.82, 2.24) is 24.5 Å². The van der Waals surface area contributed by atoms with Crippen LogP contribution >= 0.6 is 0 Å². The molecule has 6 nitrogen and oxygen atoms in total. The minimum absolute atomic E-state index is 0.0568. The van der Waals surface area contributed by atoms with E-state index in [0.717, 1.165) is 42.1 Å². The topological polar surface area (TPSA) is 66.3 Å². The summed E-state index contributed by atoms with van der Waals surface area (Å²) in [5.74, 6) is 0.589. The molecule has 0 amide bonds. The van der Waals surface area contributed by atoms with Crippen LogP contribution in [-0.2, 0) is 19.5 Å². The maximum absolute atomic E-state index is 12.9. The van der Waals surface area contributed by atoms with Crippen LogP contribution < -0.4 is 5.56 Å². The summed E-state index contributed by atoms with van der Waals surface area (Å²) in [5.41, 5.74) is 4.99. The Balaban J connectivity index is 1.48. The zero-order chi connectivity index (χ0) is 16.1. The fourth-order valence-electron chi connectivity index (χ4n) is 3.54. The molecule has 3 aromatic rings. The zero-order valence-corrected chi connectivity index (χ0v) is 13.4. The van der Waals surface area contributed by atoms with Crippen LogP contribution in [0.3, 0.4) is 0 Å². The summed E-state index contributed by atoms with van der Waals surface area (Å²) >= 11 is 0. The molecule has 0 radical (unpaired) electrons. The smallest absolute Gasteiger partial charge is 0.277 e. The number of nitrogens with zero attached hydrogens (tertiary/aromatic N) is 4. The molecule has 1 aliphatic heterocycles. The Labute approximate surface area is 139 Å². The minimum Gasteiger partial charge on any atom is -0.294 e. The summed E-state index contributed by atoms with van der Waals surface area (Å²) in [4.78, 5) is 24.0. The van der Waals surface area contributed by atoms with Gasteiger partial charge in [0, 0.05) is 56.1 Å². The van der Waals surface area contributed by atoms with E-state index < -0.39 is 0 Å². The normalized spacial score (nSPS) is 18.0. The highest BCUT2D eigenvalue weighted by molar-refractivity contribution is 5.43. The van der Waals surface area contributed by atoms with Gasteiger partial charge in [0.2, 0.25) is 0 Å². The van der Waals surface area contributed by atoms with Crippen LogP contribution in [0.15, 0.2) is 35.4 Å². The molecule has 0 atom stereocenters. The highest BCUT2D eigenvalue weighted by Gasteiger charge is 2.27. The van der Waals surface area contributed by atoms with Gasteiger partial charge < -0.3 is 0 Å². The summed E-state index contributed by atoms with van der Waals surface area (Å²) in [6.07, 6.45) is 6.87. The van der Waals surface area contributed by atoms with Crippen molar-refractivity contribution >= 4 is 5.65 Å². The number of aromatic nitrogens is 4. The molecule has 2 aliphatic rings. The molecule has 1 N–H and O–H groups in total. The van der Waals surface area contributed by atoms with E-state index in [-0.39, 0.29) is 5.56 Å². The molecule has 0 aromatic carbocycles. The first-order chi connectivity index (χ1) is 11.8. The molecule has 0 bridgehead atoms. The Morgan fingerprint density at radius 3 is 2.88 bits per heavy atom. The maximum atomic E-state index is 12.9. The molecule has 122 valence electrons. The van der Waals surface area contributed by atoms with Crippen molar-refractivity contribution in [2.75, 3.05) is 6.54 Å². The number of hydrogen-bond donors (Lipinski definition) is 1. The van der Waals surface area contributed by atoms with Crippen molar-refractivity contribution in [1.29, 1.82) is 0 Å². The van der Waals surface area contributed by atoms with Crippen molar-refractivity contribution in [2.45, 2.75) is 38.3 Å². The number of hydrogen-bond acceptors (Lipinski definition) is 4. The van der Waals surface area contributed by atoms with E-state index in [9.17, 15) is 4.79 Å². The second-order valence-electron chi connectivity index (χ2n) is 6.84. The first-order valence-electron chi connectivity index (χ1n) is 8.52. The van der Waals surface area contributed by atoms with Gasteiger partial charge >= 0.3 is 0 Å². The molecule has 1 aliphatic carbocycles. The number of aromatic amines is 1. The van der Waals surface area contributed by atoms with Gasteiger partial charge in [-0.2, -0.15) is 0 Å². The van der Waals surface area contributed by atoms with E-state index in [2.05, 4.69) is 15.0 Å². The third-order valence-corrected chi connectivity index (χ3v) is 5.03. The Bertz CT molecular complexity index is 955. The van der Waals surface area contributed by atoms with Crippen molar-refractivity contribution in [2.24, 2.45) is 0 Å². The van der Waals surface area contributed by atoms with Gasteiger partial charge in [0.25, 0.3) is 5.56 Å². The number of rotatable bonds is 3. The molecule has 0 unspecified atom stereocenters. The van der Waals surface area contributed by atoms with Crippen molar-refractivity contribution in [3.05, 3.63) is 63.5 Å². The average molecular weight is 321 g/mol. The quantitative estimate of drug-likeness (QED) is 0.799. The van der Waals surface area contributed by atoms with Gasteiger partial charge in [0.1, 0.15) is 0 Å². The Hall–Kier alpha value is -2.47. The van der Waals surface area contributed by atoms with Gasteiger partial charge in [-0.05, 0) is 30.5 Å². The number of H-pyrrole nitrogens is 1. The van der Waals surface area contributed by atoms with Crippen LogP contribution in [0.1, 0.15) is 41.3 Å². The summed E-state index contributed by atoms with van der Waals surface area (Å²) < 4.78 is 1.63. The fraction of sp³-hybridized carbons (Fsp3) is 0.389. The number of pyridine rings is 1. The van der Waals surface area contributed by atoms with E-state index in [1.807, 2.05) is 30.6 Å². The summed E-state index contributed by atoms with van der Waals surface area (Å²) in [6.45, 7) is 2.42. The summed E-state index contributed by atoms with van der Waals surface area (Å²) in [7, 11) is 0. The summed E-state index contributed by atoms with van der Waals surface area (Å²) in [5, 5.41) is 3.26. The van der Waals surface area contributed by atoms with E-state index in [4.69, 9.17) is 4.98 Å². The Morgan fingerprint density at radius 2 is 2.08 bits per heavy atom. The number of fused-ring (bicyclic) bond motifs is 2. The van der Waals surface area contributed by atoms with Gasteiger partial charge in [-0.25, -0.2) is 9.50 Å². The van der Waals surface area contributed by atoms with Gasteiger partial charge in [0.05, 0.1) is 11.3 Å². The zero-order valence-electron chi connectivity index (χ0n) is 13.4. The molecule has 3 aromatic heterocycles. The van der Waals surface area contributed by atoms with Crippen molar-refractivity contribution < 1.29 is 0 Å². The third kappa shape index (κ3) is 2.34. The Morgan fingerprint density at radius 1 is 1.25 bits per heavy atom. The summed E-state index contributed by atoms with van der Waals surface area (Å²) in [6, 6.07) is 6.09. The lowest BCUT2D eigenvalue weighted by Crippen LogP contribution is -2.36. The SMILES string of the molecule is O=c1c2c(nc3cc(C4CC4)[nH]n13)CCN(Cc1ccncc1)C2. The van der Waals surface area contributed by atoms with Crippen LogP contribution in [0.5, 0.6) is 0 Å². The molecule has 24 heavy (non-hydrogen) atoms. The van der Waals surface area contributed by atoms with Crippen LogP contribution in [0.25, 0.3) is 5.65 Å². The lowest BCUT2D eigenvalue weighted by Gasteiger charge is -2.27. The van der Waals surface area contributed by atoms with Gasteiger partial charge in [-0.3, -0.25) is 19.8 Å². The fourth-order valence-corrected chi connectivity index (χ4v) is 3.54. The third-order valence-electron chi connectivity index (χ3n) is 5.03. The first-order valence-corrected chi connectivity index (χ1v) is 8.52.